The van der Waals surface area contributed by atoms with Crippen LogP contribution < -0.4 is 5.32 Å². The summed E-state index contributed by atoms with van der Waals surface area (Å²) in [5, 5.41) is 2.90. The van der Waals surface area contributed by atoms with Gasteiger partial charge >= 0.3 is 0 Å². The van der Waals surface area contributed by atoms with Gasteiger partial charge in [-0.3, -0.25) is 4.79 Å². The van der Waals surface area contributed by atoms with Crippen molar-refractivity contribution in [1.29, 1.82) is 0 Å². The van der Waals surface area contributed by atoms with Gasteiger partial charge in [-0.05, 0) is 30.9 Å². The number of benzene rings is 1. The molecule has 0 saturated heterocycles. The number of nitrogens with one attached hydrogen (secondary N) is 1. The molecule has 82 valence electrons. The fourth-order valence-corrected chi connectivity index (χ4v) is 1.91. The Kier molecular flexibility index (Phi) is 5.19. The van der Waals surface area contributed by atoms with E-state index in [1.54, 1.807) is 11.8 Å². The molecule has 0 aliphatic rings. The lowest BCUT2D eigenvalue weighted by molar-refractivity contribution is -0.115. The highest BCUT2D eigenvalue weighted by Gasteiger charge is 2.05. The van der Waals surface area contributed by atoms with Crippen LogP contribution in [0.15, 0.2) is 22.7 Å². The van der Waals surface area contributed by atoms with Gasteiger partial charge in [0.15, 0.2) is 0 Å². The number of carbonyl (C=O) groups is 1. The minimum absolute atomic E-state index is 0.0746. The van der Waals surface area contributed by atoms with E-state index in [4.69, 9.17) is 0 Å². The number of carbonyl (C=O) groups excluding carboxylic acids is 1. The molecule has 4 heteroatoms. The zero-order chi connectivity index (χ0) is 11.3. The van der Waals surface area contributed by atoms with E-state index < -0.39 is 0 Å². The van der Waals surface area contributed by atoms with E-state index in [1.807, 2.05) is 31.4 Å². The van der Waals surface area contributed by atoms with E-state index in [1.165, 1.54) is 0 Å². The predicted molar refractivity (Wildman–Crippen MR) is 70.5 cm³/mol. The first kappa shape index (κ1) is 12.6. The normalized spacial score (nSPS) is 10.1. The highest BCUT2D eigenvalue weighted by atomic mass is 79.9. The number of rotatable bonds is 4. The van der Waals surface area contributed by atoms with Gasteiger partial charge in [-0.15, -0.1) is 0 Å². The van der Waals surface area contributed by atoms with E-state index in [-0.39, 0.29) is 5.91 Å². The van der Waals surface area contributed by atoms with Crippen LogP contribution in [0.2, 0.25) is 0 Å². The van der Waals surface area contributed by atoms with Gasteiger partial charge in [0, 0.05) is 22.3 Å². The first-order chi connectivity index (χ1) is 7.15. The molecule has 15 heavy (non-hydrogen) atoms. The monoisotopic (exact) mass is 287 g/mol. The van der Waals surface area contributed by atoms with Crippen LogP contribution >= 0.6 is 27.7 Å². The second-order valence-corrected chi connectivity index (χ2v) is 5.04. The van der Waals surface area contributed by atoms with Crippen LogP contribution in [0.3, 0.4) is 0 Å². The van der Waals surface area contributed by atoms with E-state index in [2.05, 4.69) is 21.2 Å². The van der Waals surface area contributed by atoms with Crippen LogP contribution in [0.5, 0.6) is 0 Å². The molecule has 1 aromatic rings. The molecule has 0 saturated carbocycles. The molecule has 0 radical (unpaired) electrons. The number of anilines is 1. The van der Waals surface area contributed by atoms with Gasteiger partial charge in [0.05, 0.1) is 0 Å². The molecule has 2 nitrogen and oxygen atoms in total. The van der Waals surface area contributed by atoms with Gasteiger partial charge < -0.3 is 5.32 Å². The van der Waals surface area contributed by atoms with Crippen molar-refractivity contribution in [2.24, 2.45) is 0 Å². The Bertz CT molecular complexity index is 354. The number of amides is 1. The zero-order valence-electron chi connectivity index (χ0n) is 8.84. The molecular weight excluding hydrogens is 274 g/mol. The second kappa shape index (κ2) is 6.18. The first-order valence-corrected chi connectivity index (χ1v) is 6.87. The van der Waals surface area contributed by atoms with Crippen LogP contribution in [-0.2, 0) is 4.79 Å². The van der Waals surface area contributed by atoms with Crippen molar-refractivity contribution in [2.45, 2.75) is 13.3 Å². The molecule has 0 heterocycles. The lowest BCUT2D eigenvalue weighted by Crippen LogP contribution is -2.13. The summed E-state index contributed by atoms with van der Waals surface area (Å²) in [5.41, 5.74) is 1.95. The molecule has 1 rings (SSSR count). The number of halogens is 1. The molecule has 1 N–H and O–H groups in total. The third-order valence-electron chi connectivity index (χ3n) is 2.08. The van der Waals surface area contributed by atoms with Crippen molar-refractivity contribution in [1.82, 2.24) is 0 Å². The summed E-state index contributed by atoms with van der Waals surface area (Å²) in [6.45, 7) is 1.98. The van der Waals surface area contributed by atoms with Crippen LogP contribution in [0.1, 0.15) is 12.0 Å². The fraction of sp³-hybridized carbons (Fsp3) is 0.364. The van der Waals surface area contributed by atoms with Gasteiger partial charge in [0.25, 0.3) is 0 Å². The molecule has 0 aliphatic heterocycles. The first-order valence-electron chi connectivity index (χ1n) is 4.69. The average Bonchev–Trinajstić information content (AvgIpc) is 2.22. The third kappa shape index (κ3) is 3.87. The van der Waals surface area contributed by atoms with E-state index in [9.17, 15) is 4.79 Å². The van der Waals surface area contributed by atoms with Crippen molar-refractivity contribution in [3.63, 3.8) is 0 Å². The van der Waals surface area contributed by atoms with Gasteiger partial charge in [-0.1, -0.05) is 22.0 Å². The predicted octanol–water partition coefficient (Wildman–Crippen LogP) is 3.45. The highest BCUT2D eigenvalue weighted by Crippen LogP contribution is 2.23. The smallest absolute Gasteiger partial charge is 0.225 e. The summed E-state index contributed by atoms with van der Waals surface area (Å²) in [7, 11) is 0. The third-order valence-corrected chi connectivity index (χ3v) is 3.55. The Morgan fingerprint density at radius 1 is 1.53 bits per heavy atom. The van der Waals surface area contributed by atoms with Gasteiger partial charge in [0.1, 0.15) is 0 Å². The lowest BCUT2D eigenvalue weighted by atomic mass is 10.2. The summed E-state index contributed by atoms with van der Waals surface area (Å²) >= 11 is 5.11. The van der Waals surface area contributed by atoms with E-state index >= 15 is 0 Å². The molecule has 0 bridgehead atoms. The second-order valence-electron chi connectivity index (χ2n) is 3.20. The summed E-state index contributed by atoms with van der Waals surface area (Å²) in [5.74, 6) is 0.935. The Morgan fingerprint density at radius 2 is 2.27 bits per heavy atom. The Balaban J connectivity index is 2.64. The molecule has 0 aliphatic carbocycles. The Hall–Kier alpha value is -0.480. The summed E-state index contributed by atoms with van der Waals surface area (Å²) in [4.78, 5) is 11.5. The van der Waals surface area contributed by atoms with Crippen LogP contribution in [0, 0.1) is 6.92 Å². The quantitative estimate of drug-likeness (QED) is 0.919. The molecule has 0 spiro atoms. The minimum Gasteiger partial charge on any atom is -0.326 e. The molecule has 0 fully saturated rings. The van der Waals surface area contributed by atoms with Crippen LogP contribution in [0.4, 0.5) is 5.69 Å². The van der Waals surface area contributed by atoms with Crippen LogP contribution in [0.25, 0.3) is 0 Å². The maximum absolute atomic E-state index is 11.5. The maximum atomic E-state index is 11.5. The highest BCUT2D eigenvalue weighted by molar-refractivity contribution is 9.10. The van der Waals surface area contributed by atoms with Gasteiger partial charge in [-0.2, -0.15) is 11.8 Å². The van der Waals surface area contributed by atoms with Gasteiger partial charge in [0.2, 0.25) is 5.91 Å². The standard InChI is InChI=1S/C11H14BrNOS/c1-8-9(12)4-3-5-10(8)13-11(14)6-7-15-2/h3-5H,6-7H2,1-2H3,(H,13,14). The molecule has 0 aromatic heterocycles. The van der Waals surface area contributed by atoms with Crippen molar-refractivity contribution >= 4 is 39.3 Å². The summed E-state index contributed by atoms with van der Waals surface area (Å²) in [6.07, 6.45) is 2.56. The minimum atomic E-state index is 0.0746. The Morgan fingerprint density at radius 3 is 2.93 bits per heavy atom. The number of hydrogen-bond donors (Lipinski definition) is 1. The largest absolute Gasteiger partial charge is 0.326 e. The van der Waals surface area contributed by atoms with E-state index in [0.717, 1.165) is 21.5 Å². The molecule has 1 aromatic carbocycles. The maximum Gasteiger partial charge on any atom is 0.225 e. The van der Waals surface area contributed by atoms with Crippen LogP contribution in [-0.4, -0.2) is 17.9 Å². The van der Waals surface area contributed by atoms with E-state index in [0.29, 0.717) is 6.42 Å². The lowest BCUT2D eigenvalue weighted by Gasteiger charge is -2.09. The van der Waals surface area contributed by atoms with Gasteiger partial charge in [-0.25, -0.2) is 0 Å². The fourth-order valence-electron chi connectivity index (χ4n) is 1.15. The molecule has 0 atom stereocenters. The van der Waals surface area contributed by atoms with Crippen molar-refractivity contribution in [3.05, 3.63) is 28.2 Å². The summed E-state index contributed by atoms with van der Waals surface area (Å²) in [6, 6.07) is 5.80. The Labute approximate surface area is 103 Å². The summed E-state index contributed by atoms with van der Waals surface area (Å²) < 4.78 is 1.02. The molecule has 0 unspecified atom stereocenters. The zero-order valence-corrected chi connectivity index (χ0v) is 11.2. The topological polar surface area (TPSA) is 29.1 Å². The SMILES string of the molecule is CSCCC(=O)Nc1cccc(Br)c1C. The number of thioether (sulfide) groups is 1. The van der Waals surface area contributed by atoms with Crippen molar-refractivity contribution in [2.75, 3.05) is 17.3 Å². The molecular formula is C11H14BrNOS. The average molecular weight is 288 g/mol. The molecule has 1 amide bonds. The van der Waals surface area contributed by atoms with Crippen molar-refractivity contribution < 1.29 is 4.79 Å². The number of hydrogen-bond acceptors (Lipinski definition) is 2. The van der Waals surface area contributed by atoms with Crippen molar-refractivity contribution in [3.8, 4) is 0 Å².